The van der Waals surface area contributed by atoms with Gasteiger partial charge in [0.15, 0.2) is 0 Å². The van der Waals surface area contributed by atoms with Crippen molar-refractivity contribution in [1.82, 2.24) is 5.32 Å². The zero-order chi connectivity index (χ0) is 15.1. The van der Waals surface area contributed by atoms with Gasteiger partial charge in [-0.1, -0.05) is 55.3 Å². The summed E-state index contributed by atoms with van der Waals surface area (Å²) < 4.78 is 5.70. The predicted octanol–water partition coefficient (Wildman–Crippen LogP) is 4.83. The molecule has 2 nitrogen and oxygen atoms in total. The lowest BCUT2D eigenvalue weighted by molar-refractivity contribution is 0.309. The Balaban J connectivity index is 2.14. The number of nitrogens with one attached hydrogen (secondary N) is 1. The van der Waals surface area contributed by atoms with E-state index in [9.17, 15) is 0 Å². The van der Waals surface area contributed by atoms with Crippen molar-refractivity contribution in [3.63, 3.8) is 0 Å². The highest BCUT2D eigenvalue weighted by Crippen LogP contribution is 2.28. The molecular weight excluding hydrogens is 282 g/mol. The Morgan fingerprint density at radius 1 is 1.10 bits per heavy atom. The SMILES string of the molecule is CCCCOc1ccc(C(NC)c2ccccc2Cl)cc1. The smallest absolute Gasteiger partial charge is 0.119 e. The van der Waals surface area contributed by atoms with Gasteiger partial charge in [-0.15, -0.1) is 0 Å². The Hall–Kier alpha value is -1.51. The average molecular weight is 304 g/mol. The van der Waals surface area contributed by atoms with Crippen LogP contribution in [0, 0.1) is 0 Å². The van der Waals surface area contributed by atoms with E-state index in [0.717, 1.165) is 35.8 Å². The van der Waals surface area contributed by atoms with E-state index in [0.29, 0.717) is 0 Å². The summed E-state index contributed by atoms with van der Waals surface area (Å²) in [4.78, 5) is 0. The predicted molar refractivity (Wildman–Crippen MR) is 89.2 cm³/mol. The number of rotatable bonds is 7. The maximum absolute atomic E-state index is 6.30. The molecule has 0 aliphatic carbocycles. The summed E-state index contributed by atoms with van der Waals surface area (Å²) in [6, 6.07) is 16.2. The van der Waals surface area contributed by atoms with Crippen LogP contribution < -0.4 is 10.1 Å². The van der Waals surface area contributed by atoms with Crippen LogP contribution in [0.4, 0.5) is 0 Å². The maximum atomic E-state index is 6.30. The maximum Gasteiger partial charge on any atom is 0.119 e. The van der Waals surface area contributed by atoms with E-state index in [1.165, 1.54) is 5.56 Å². The molecule has 0 heterocycles. The van der Waals surface area contributed by atoms with Gasteiger partial charge >= 0.3 is 0 Å². The van der Waals surface area contributed by atoms with Crippen molar-refractivity contribution in [3.8, 4) is 5.75 Å². The third-order valence-corrected chi connectivity index (χ3v) is 3.83. The topological polar surface area (TPSA) is 21.3 Å². The van der Waals surface area contributed by atoms with Crippen LogP contribution in [0.25, 0.3) is 0 Å². The first kappa shape index (κ1) is 15.9. The molecule has 1 unspecified atom stereocenters. The van der Waals surface area contributed by atoms with E-state index >= 15 is 0 Å². The second kappa shape index (κ2) is 8.06. The fourth-order valence-corrected chi connectivity index (χ4v) is 2.55. The minimum absolute atomic E-state index is 0.0865. The van der Waals surface area contributed by atoms with E-state index in [1.807, 2.05) is 37.4 Å². The van der Waals surface area contributed by atoms with Gasteiger partial charge in [-0.05, 0) is 42.8 Å². The fourth-order valence-electron chi connectivity index (χ4n) is 2.30. The molecule has 0 aliphatic rings. The highest BCUT2D eigenvalue weighted by Gasteiger charge is 2.14. The van der Waals surface area contributed by atoms with Crippen LogP contribution in [0.3, 0.4) is 0 Å². The normalized spacial score (nSPS) is 12.1. The summed E-state index contributed by atoms with van der Waals surface area (Å²) in [5.74, 6) is 0.918. The molecule has 0 aliphatic heterocycles. The molecule has 0 amide bonds. The van der Waals surface area contributed by atoms with Crippen LogP contribution in [-0.2, 0) is 0 Å². The molecule has 0 fully saturated rings. The second-order valence-electron chi connectivity index (χ2n) is 5.01. The average Bonchev–Trinajstić information content (AvgIpc) is 2.51. The van der Waals surface area contributed by atoms with E-state index in [4.69, 9.17) is 16.3 Å². The molecule has 112 valence electrons. The second-order valence-corrected chi connectivity index (χ2v) is 5.42. The molecule has 0 bridgehead atoms. The van der Waals surface area contributed by atoms with Gasteiger partial charge in [0, 0.05) is 5.02 Å². The number of benzene rings is 2. The van der Waals surface area contributed by atoms with Crippen LogP contribution in [0.5, 0.6) is 5.75 Å². The van der Waals surface area contributed by atoms with Crippen LogP contribution in [-0.4, -0.2) is 13.7 Å². The molecule has 21 heavy (non-hydrogen) atoms. The number of halogens is 1. The molecule has 0 aromatic heterocycles. The zero-order valence-electron chi connectivity index (χ0n) is 12.6. The minimum Gasteiger partial charge on any atom is -0.494 e. The molecule has 2 aromatic carbocycles. The van der Waals surface area contributed by atoms with Crippen LogP contribution in [0.2, 0.25) is 5.02 Å². The number of unbranched alkanes of at least 4 members (excludes halogenated alkanes) is 1. The summed E-state index contributed by atoms with van der Waals surface area (Å²) >= 11 is 6.30. The Morgan fingerprint density at radius 3 is 2.43 bits per heavy atom. The van der Waals surface area contributed by atoms with Gasteiger partial charge in [-0.3, -0.25) is 0 Å². The summed E-state index contributed by atoms with van der Waals surface area (Å²) in [6.07, 6.45) is 2.23. The molecule has 3 heteroatoms. The van der Waals surface area contributed by atoms with Crippen molar-refractivity contribution in [3.05, 3.63) is 64.7 Å². The summed E-state index contributed by atoms with van der Waals surface area (Å²) in [6.45, 7) is 2.93. The first-order chi connectivity index (χ1) is 10.3. The van der Waals surface area contributed by atoms with Crippen LogP contribution in [0.1, 0.15) is 36.9 Å². The number of hydrogen-bond donors (Lipinski definition) is 1. The Labute approximate surface area is 132 Å². The Kier molecular flexibility index (Phi) is 6.09. The van der Waals surface area contributed by atoms with Crippen molar-refractivity contribution >= 4 is 11.6 Å². The van der Waals surface area contributed by atoms with E-state index in [2.05, 4.69) is 30.4 Å². The first-order valence-corrected chi connectivity index (χ1v) is 7.78. The molecule has 1 N–H and O–H groups in total. The Bertz CT molecular complexity index is 553. The fraction of sp³-hybridized carbons (Fsp3) is 0.333. The van der Waals surface area contributed by atoms with Gasteiger partial charge in [0.2, 0.25) is 0 Å². The van der Waals surface area contributed by atoms with E-state index in [1.54, 1.807) is 0 Å². The summed E-state index contributed by atoms with van der Waals surface area (Å²) in [7, 11) is 1.94. The number of ether oxygens (including phenoxy) is 1. The molecular formula is C18H22ClNO. The largest absolute Gasteiger partial charge is 0.494 e. The van der Waals surface area contributed by atoms with Crippen molar-refractivity contribution in [2.45, 2.75) is 25.8 Å². The Morgan fingerprint density at radius 2 is 1.81 bits per heavy atom. The van der Waals surface area contributed by atoms with E-state index < -0.39 is 0 Å². The molecule has 0 saturated heterocycles. The summed E-state index contributed by atoms with van der Waals surface area (Å²) in [5, 5.41) is 4.10. The first-order valence-electron chi connectivity index (χ1n) is 7.40. The quantitative estimate of drug-likeness (QED) is 0.740. The van der Waals surface area contributed by atoms with Crippen LogP contribution >= 0.6 is 11.6 Å². The van der Waals surface area contributed by atoms with Gasteiger partial charge < -0.3 is 10.1 Å². The van der Waals surface area contributed by atoms with Gasteiger partial charge in [-0.25, -0.2) is 0 Å². The molecule has 0 saturated carbocycles. The van der Waals surface area contributed by atoms with Gasteiger partial charge in [0.05, 0.1) is 12.6 Å². The molecule has 2 rings (SSSR count). The third-order valence-electron chi connectivity index (χ3n) is 3.48. The summed E-state index contributed by atoms with van der Waals surface area (Å²) in [5.41, 5.74) is 2.26. The highest BCUT2D eigenvalue weighted by atomic mass is 35.5. The molecule has 2 aromatic rings. The van der Waals surface area contributed by atoms with Crippen molar-refractivity contribution in [2.75, 3.05) is 13.7 Å². The molecule has 1 atom stereocenters. The van der Waals surface area contributed by atoms with Gasteiger partial charge in [0.25, 0.3) is 0 Å². The minimum atomic E-state index is 0.0865. The van der Waals surface area contributed by atoms with Crippen molar-refractivity contribution < 1.29 is 4.74 Å². The van der Waals surface area contributed by atoms with Crippen LogP contribution in [0.15, 0.2) is 48.5 Å². The monoisotopic (exact) mass is 303 g/mol. The molecule has 0 spiro atoms. The lowest BCUT2D eigenvalue weighted by Gasteiger charge is -2.19. The van der Waals surface area contributed by atoms with Crippen molar-refractivity contribution in [2.24, 2.45) is 0 Å². The van der Waals surface area contributed by atoms with Gasteiger partial charge in [-0.2, -0.15) is 0 Å². The zero-order valence-corrected chi connectivity index (χ0v) is 13.4. The molecule has 0 radical (unpaired) electrons. The van der Waals surface area contributed by atoms with Gasteiger partial charge in [0.1, 0.15) is 5.75 Å². The third kappa shape index (κ3) is 4.23. The van der Waals surface area contributed by atoms with E-state index in [-0.39, 0.29) is 6.04 Å². The number of hydrogen-bond acceptors (Lipinski definition) is 2. The lowest BCUT2D eigenvalue weighted by Crippen LogP contribution is -2.17. The highest BCUT2D eigenvalue weighted by molar-refractivity contribution is 6.31. The lowest BCUT2D eigenvalue weighted by atomic mass is 9.99. The standard InChI is InChI=1S/C18H22ClNO/c1-3-4-13-21-15-11-9-14(10-12-15)18(20-2)16-7-5-6-8-17(16)19/h5-12,18,20H,3-4,13H2,1-2H3. The van der Waals surface area contributed by atoms with Crippen molar-refractivity contribution in [1.29, 1.82) is 0 Å².